The molecular formula is C14H11N3OS. The van der Waals surface area contributed by atoms with Gasteiger partial charge in [0.25, 0.3) is 5.91 Å². The van der Waals surface area contributed by atoms with Crippen LogP contribution in [0, 0.1) is 0 Å². The Morgan fingerprint density at radius 2 is 1.84 bits per heavy atom. The second-order valence-electron chi connectivity index (χ2n) is 3.97. The molecule has 0 aliphatic carbocycles. The summed E-state index contributed by atoms with van der Waals surface area (Å²) in [5.41, 5.74) is 2.39. The van der Waals surface area contributed by atoms with E-state index in [2.05, 4.69) is 9.71 Å². The lowest BCUT2D eigenvalue weighted by atomic mass is 10.2. The molecule has 1 aromatic carbocycles. The molecule has 0 bridgehead atoms. The molecule has 1 aliphatic heterocycles. The number of amides is 1. The Morgan fingerprint density at radius 3 is 2.58 bits per heavy atom. The molecule has 0 unspecified atom stereocenters. The summed E-state index contributed by atoms with van der Waals surface area (Å²) in [5, 5.41) is 0. The normalized spacial score (nSPS) is 16.7. The third kappa shape index (κ3) is 2.46. The maximum Gasteiger partial charge on any atom is 0.286 e. The van der Waals surface area contributed by atoms with Crippen LogP contribution in [0.15, 0.2) is 60.6 Å². The lowest BCUT2D eigenvalue weighted by Crippen LogP contribution is -2.18. The second-order valence-corrected chi connectivity index (χ2v) is 4.72. The van der Waals surface area contributed by atoms with Gasteiger partial charge in [0.1, 0.15) is 5.70 Å². The zero-order valence-corrected chi connectivity index (χ0v) is 10.8. The summed E-state index contributed by atoms with van der Waals surface area (Å²) in [6.45, 7) is 0. The molecule has 2 heterocycles. The third-order valence-corrected chi connectivity index (χ3v) is 3.54. The van der Waals surface area contributed by atoms with E-state index < -0.39 is 0 Å². The van der Waals surface area contributed by atoms with Gasteiger partial charge >= 0.3 is 0 Å². The molecule has 5 heteroatoms. The molecule has 1 N–H and O–H groups in total. The fourth-order valence-corrected chi connectivity index (χ4v) is 2.49. The summed E-state index contributed by atoms with van der Waals surface area (Å²) >= 11 is 1.27. The van der Waals surface area contributed by atoms with Crippen molar-refractivity contribution in [3.63, 3.8) is 0 Å². The average Bonchev–Trinajstić information content (AvgIpc) is 2.82. The summed E-state index contributed by atoms with van der Waals surface area (Å²) in [7, 11) is 0. The number of aromatic nitrogens is 1. The maximum atomic E-state index is 12.3. The fraction of sp³-hybridized carbons (Fsp3) is 0. The lowest BCUT2D eigenvalue weighted by Gasteiger charge is -2.10. The molecule has 0 radical (unpaired) electrons. The van der Waals surface area contributed by atoms with Crippen LogP contribution in [0.4, 0.5) is 5.69 Å². The quantitative estimate of drug-likeness (QED) is 0.672. The first-order valence-corrected chi connectivity index (χ1v) is 6.56. The van der Waals surface area contributed by atoms with Crippen molar-refractivity contribution in [2.75, 3.05) is 4.31 Å². The van der Waals surface area contributed by atoms with Crippen LogP contribution in [0.1, 0.15) is 5.56 Å². The first-order chi connectivity index (χ1) is 9.34. The number of pyridine rings is 1. The molecular weight excluding hydrogens is 258 g/mol. The monoisotopic (exact) mass is 269 g/mol. The third-order valence-electron chi connectivity index (χ3n) is 2.67. The Hall–Kier alpha value is -2.27. The minimum absolute atomic E-state index is 0.0555. The topological polar surface area (TPSA) is 45.2 Å². The second kappa shape index (κ2) is 5.16. The van der Waals surface area contributed by atoms with Crippen LogP contribution >= 0.6 is 12.1 Å². The van der Waals surface area contributed by atoms with E-state index in [9.17, 15) is 4.79 Å². The van der Waals surface area contributed by atoms with Crippen LogP contribution in [0.5, 0.6) is 0 Å². The Labute approximate surface area is 115 Å². The van der Waals surface area contributed by atoms with Crippen molar-refractivity contribution in [1.29, 1.82) is 0 Å². The number of hydrogen-bond donors (Lipinski definition) is 1. The number of rotatable bonds is 2. The van der Waals surface area contributed by atoms with Gasteiger partial charge in [0, 0.05) is 12.4 Å². The Kier molecular flexibility index (Phi) is 3.20. The number of nitrogens with zero attached hydrogens (tertiary/aromatic N) is 2. The number of hydrogen-bond acceptors (Lipinski definition) is 4. The highest BCUT2D eigenvalue weighted by molar-refractivity contribution is 8.00. The molecule has 1 amide bonds. The molecule has 94 valence electrons. The molecule has 1 saturated heterocycles. The first kappa shape index (κ1) is 11.8. The van der Waals surface area contributed by atoms with Crippen molar-refractivity contribution in [1.82, 2.24) is 9.71 Å². The molecule has 0 spiro atoms. The van der Waals surface area contributed by atoms with Gasteiger partial charge in [0.15, 0.2) is 0 Å². The van der Waals surface area contributed by atoms with Gasteiger partial charge in [-0.1, -0.05) is 30.3 Å². The SMILES string of the molecule is O=C1/C(=C/c2ccccc2)NSN1c1ccncc1. The van der Waals surface area contributed by atoms with Gasteiger partial charge in [-0.15, -0.1) is 0 Å². The number of anilines is 1. The number of carbonyl (C=O) groups is 1. The zero-order valence-electron chi connectivity index (χ0n) is 9.98. The summed E-state index contributed by atoms with van der Waals surface area (Å²) in [4.78, 5) is 16.2. The van der Waals surface area contributed by atoms with Crippen molar-refractivity contribution in [3.8, 4) is 0 Å². The van der Waals surface area contributed by atoms with Crippen molar-refractivity contribution < 1.29 is 4.79 Å². The number of benzene rings is 1. The molecule has 0 saturated carbocycles. The summed E-state index contributed by atoms with van der Waals surface area (Å²) < 4.78 is 4.64. The average molecular weight is 269 g/mol. The van der Waals surface area contributed by atoms with Crippen molar-refractivity contribution in [2.45, 2.75) is 0 Å². The van der Waals surface area contributed by atoms with Gasteiger partial charge in [-0.2, -0.15) is 0 Å². The van der Waals surface area contributed by atoms with E-state index in [0.29, 0.717) is 5.70 Å². The fourth-order valence-electron chi connectivity index (χ4n) is 1.75. The van der Waals surface area contributed by atoms with E-state index in [-0.39, 0.29) is 5.91 Å². The highest BCUT2D eigenvalue weighted by Crippen LogP contribution is 2.28. The summed E-state index contributed by atoms with van der Waals surface area (Å²) in [6, 6.07) is 13.4. The van der Waals surface area contributed by atoms with E-state index in [1.165, 1.54) is 12.1 Å². The molecule has 2 aromatic rings. The smallest absolute Gasteiger partial charge is 0.286 e. The van der Waals surface area contributed by atoms with Crippen LogP contribution < -0.4 is 9.03 Å². The zero-order chi connectivity index (χ0) is 13.1. The van der Waals surface area contributed by atoms with Crippen LogP contribution in [0.2, 0.25) is 0 Å². The standard InChI is InChI=1S/C14H11N3OS/c18-14-13(10-11-4-2-1-3-5-11)16-19-17(14)12-6-8-15-9-7-12/h1-10,16H/b13-10-. The van der Waals surface area contributed by atoms with E-state index in [0.717, 1.165) is 11.3 Å². The molecule has 19 heavy (non-hydrogen) atoms. The first-order valence-electron chi connectivity index (χ1n) is 5.79. The predicted octanol–water partition coefficient (Wildman–Crippen LogP) is 2.62. The van der Waals surface area contributed by atoms with Crippen LogP contribution in [0.25, 0.3) is 6.08 Å². The molecule has 1 aromatic heterocycles. The van der Waals surface area contributed by atoms with Gasteiger partial charge in [0.2, 0.25) is 0 Å². The number of nitrogens with one attached hydrogen (secondary N) is 1. The summed E-state index contributed by atoms with van der Waals surface area (Å²) in [6.07, 6.45) is 5.18. The lowest BCUT2D eigenvalue weighted by molar-refractivity contribution is -0.113. The van der Waals surface area contributed by atoms with Gasteiger partial charge in [0.05, 0.1) is 17.8 Å². The molecule has 0 atom stereocenters. The number of carbonyl (C=O) groups excluding carboxylic acids is 1. The van der Waals surface area contributed by atoms with E-state index >= 15 is 0 Å². The van der Waals surface area contributed by atoms with E-state index in [4.69, 9.17) is 0 Å². The van der Waals surface area contributed by atoms with Crippen molar-refractivity contribution >= 4 is 29.8 Å². The van der Waals surface area contributed by atoms with E-state index in [1.807, 2.05) is 36.4 Å². The summed E-state index contributed by atoms with van der Waals surface area (Å²) in [5.74, 6) is -0.0555. The van der Waals surface area contributed by atoms with Gasteiger partial charge in [-0.05, 0) is 23.8 Å². The molecule has 3 rings (SSSR count). The van der Waals surface area contributed by atoms with Crippen molar-refractivity contribution in [3.05, 3.63) is 66.1 Å². The predicted molar refractivity (Wildman–Crippen MR) is 76.9 cm³/mol. The van der Waals surface area contributed by atoms with Crippen LogP contribution in [-0.2, 0) is 4.79 Å². The van der Waals surface area contributed by atoms with Gasteiger partial charge < -0.3 is 4.72 Å². The highest BCUT2D eigenvalue weighted by Gasteiger charge is 2.28. The largest absolute Gasteiger partial charge is 0.307 e. The van der Waals surface area contributed by atoms with Gasteiger partial charge in [-0.25, -0.2) is 4.31 Å². The Balaban J connectivity index is 1.85. The molecule has 1 aliphatic rings. The Bertz CT molecular complexity index is 613. The highest BCUT2D eigenvalue weighted by atomic mass is 32.2. The van der Waals surface area contributed by atoms with Gasteiger partial charge in [-0.3, -0.25) is 9.78 Å². The maximum absolute atomic E-state index is 12.3. The minimum Gasteiger partial charge on any atom is -0.307 e. The van der Waals surface area contributed by atoms with Crippen molar-refractivity contribution in [2.24, 2.45) is 0 Å². The Morgan fingerprint density at radius 1 is 1.11 bits per heavy atom. The molecule has 1 fully saturated rings. The van der Waals surface area contributed by atoms with Crippen LogP contribution in [0.3, 0.4) is 0 Å². The van der Waals surface area contributed by atoms with Crippen LogP contribution in [-0.4, -0.2) is 10.9 Å². The minimum atomic E-state index is -0.0555. The van der Waals surface area contributed by atoms with E-state index in [1.54, 1.807) is 28.8 Å². The molecule has 4 nitrogen and oxygen atoms in total.